The fourth-order valence-electron chi connectivity index (χ4n) is 2.01. The lowest BCUT2D eigenvalue weighted by atomic mass is 10.2. The van der Waals surface area contributed by atoms with Crippen molar-refractivity contribution in [1.29, 1.82) is 0 Å². The molecule has 6 nitrogen and oxygen atoms in total. The van der Waals surface area contributed by atoms with Crippen LogP contribution in [-0.4, -0.2) is 32.0 Å². The first-order valence-corrected chi connectivity index (χ1v) is 10.1. The molecule has 2 N–H and O–H groups in total. The van der Waals surface area contributed by atoms with E-state index < -0.39 is 38.4 Å². The van der Waals surface area contributed by atoms with E-state index in [9.17, 15) is 35.6 Å². The molecule has 0 atom stereocenters. The van der Waals surface area contributed by atoms with E-state index in [0.717, 1.165) is 6.07 Å². The van der Waals surface area contributed by atoms with Crippen LogP contribution in [0.15, 0.2) is 51.8 Å². The second-order valence-electron chi connectivity index (χ2n) is 5.40. The number of alkyl halides is 4. The highest BCUT2D eigenvalue weighted by atomic mass is 79.9. The Hall–Kier alpha value is -2.18. The molecule has 0 aliphatic rings. The lowest BCUT2D eigenvalue weighted by molar-refractivity contribution is -0.0636. The molecule has 2 aromatic rings. The molecule has 0 aliphatic heterocycles. The van der Waals surface area contributed by atoms with Crippen molar-refractivity contribution in [1.82, 2.24) is 5.32 Å². The fraction of sp³-hybridized carbons (Fsp3) is 0.125. The minimum atomic E-state index is -5.68. The van der Waals surface area contributed by atoms with Crippen molar-refractivity contribution in [3.8, 4) is 0 Å². The lowest BCUT2D eigenvalue weighted by Crippen LogP contribution is -2.36. The molecule has 0 fully saturated rings. The zero-order chi connectivity index (χ0) is 22.0. The van der Waals surface area contributed by atoms with E-state index in [0.29, 0.717) is 12.1 Å². The molecule has 0 spiro atoms. The number of imide groups is 1. The summed E-state index contributed by atoms with van der Waals surface area (Å²) in [5.74, 6) is -0.833. The molecule has 156 valence electrons. The van der Waals surface area contributed by atoms with Crippen molar-refractivity contribution in [3.05, 3.63) is 57.5 Å². The van der Waals surface area contributed by atoms with Crippen LogP contribution in [0.5, 0.6) is 0 Å². The molecule has 0 aromatic heterocycles. The quantitative estimate of drug-likeness (QED) is 0.563. The number of benzene rings is 2. The van der Waals surface area contributed by atoms with Crippen LogP contribution in [0.2, 0.25) is 5.02 Å². The van der Waals surface area contributed by atoms with E-state index in [1.165, 1.54) is 18.2 Å². The maximum absolute atomic E-state index is 13.3. The van der Waals surface area contributed by atoms with Gasteiger partial charge < -0.3 is 5.32 Å². The topological polar surface area (TPSA) is 92.3 Å². The summed E-state index contributed by atoms with van der Waals surface area (Å²) >= 11 is 8.68. The molecule has 3 amide bonds. The summed E-state index contributed by atoms with van der Waals surface area (Å²) < 4.78 is 74.6. The molecule has 2 aromatic carbocycles. The first kappa shape index (κ1) is 23.1. The van der Waals surface area contributed by atoms with Crippen molar-refractivity contribution in [2.75, 3.05) is 5.32 Å². The van der Waals surface area contributed by atoms with Gasteiger partial charge in [0.1, 0.15) is 0 Å². The standard InChI is InChI=1S/C16H10BrClF4N2O4S/c17-10-7-8(29(27,28)16(21,22)14(19)20)5-6-12(10)23-15(26)24-13(25)9-3-1-2-4-11(9)18/h1-7,14H,(H2,23,24,25,26). The van der Waals surface area contributed by atoms with Crippen LogP contribution in [0.4, 0.5) is 28.0 Å². The molecule has 0 aliphatic carbocycles. The highest BCUT2D eigenvalue weighted by molar-refractivity contribution is 9.10. The molecule has 0 bridgehead atoms. The Kier molecular flexibility index (Phi) is 6.91. The van der Waals surface area contributed by atoms with Crippen LogP contribution in [0, 0.1) is 0 Å². The van der Waals surface area contributed by atoms with Crippen molar-refractivity contribution in [2.45, 2.75) is 16.6 Å². The molecule has 0 radical (unpaired) electrons. The number of amides is 3. The maximum Gasteiger partial charge on any atom is 0.408 e. The number of anilines is 1. The van der Waals surface area contributed by atoms with Crippen LogP contribution in [0.3, 0.4) is 0 Å². The smallest absolute Gasteiger partial charge is 0.307 e. The van der Waals surface area contributed by atoms with Gasteiger partial charge in [0.2, 0.25) is 9.84 Å². The van der Waals surface area contributed by atoms with Gasteiger partial charge in [-0.3, -0.25) is 10.1 Å². The molecule has 0 unspecified atom stereocenters. The van der Waals surface area contributed by atoms with Gasteiger partial charge in [-0.05, 0) is 46.3 Å². The summed E-state index contributed by atoms with van der Waals surface area (Å²) in [6, 6.07) is 6.97. The number of urea groups is 1. The predicted octanol–water partition coefficient (Wildman–Crippen LogP) is 4.70. The molecule has 0 heterocycles. The Morgan fingerprint density at radius 3 is 2.28 bits per heavy atom. The van der Waals surface area contributed by atoms with Crippen molar-refractivity contribution in [3.63, 3.8) is 0 Å². The monoisotopic (exact) mass is 516 g/mol. The third kappa shape index (κ3) is 4.87. The maximum atomic E-state index is 13.3. The van der Waals surface area contributed by atoms with Crippen LogP contribution in [0.25, 0.3) is 0 Å². The summed E-state index contributed by atoms with van der Waals surface area (Å²) in [6.07, 6.45) is -4.43. The van der Waals surface area contributed by atoms with Crippen molar-refractivity contribution >= 4 is 55.0 Å². The lowest BCUT2D eigenvalue weighted by Gasteiger charge is -2.17. The average Bonchev–Trinajstić information content (AvgIpc) is 2.63. The second-order valence-corrected chi connectivity index (χ2v) is 8.68. The van der Waals surface area contributed by atoms with E-state index >= 15 is 0 Å². The summed E-state index contributed by atoms with van der Waals surface area (Å²) in [7, 11) is -5.68. The van der Waals surface area contributed by atoms with Gasteiger partial charge in [-0.1, -0.05) is 23.7 Å². The largest absolute Gasteiger partial charge is 0.408 e. The predicted molar refractivity (Wildman–Crippen MR) is 100 cm³/mol. The Labute approximate surface area is 175 Å². The van der Waals surface area contributed by atoms with E-state index in [-0.39, 0.29) is 20.7 Å². The van der Waals surface area contributed by atoms with Gasteiger partial charge in [0, 0.05) is 4.47 Å². The van der Waals surface area contributed by atoms with Gasteiger partial charge in [0.05, 0.1) is 21.2 Å². The molecular formula is C16H10BrClF4N2O4S. The Balaban J connectivity index is 2.18. The Morgan fingerprint density at radius 1 is 1.10 bits per heavy atom. The van der Waals surface area contributed by atoms with E-state index in [1.807, 2.05) is 5.32 Å². The molecule has 0 saturated carbocycles. The van der Waals surface area contributed by atoms with Gasteiger partial charge in [0.25, 0.3) is 5.91 Å². The highest BCUT2D eigenvalue weighted by Gasteiger charge is 2.54. The van der Waals surface area contributed by atoms with Crippen molar-refractivity contribution in [2.24, 2.45) is 0 Å². The third-order valence-electron chi connectivity index (χ3n) is 3.46. The molecule has 13 heteroatoms. The van der Waals surface area contributed by atoms with Gasteiger partial charge in [0.15, 0.2) is 0 Å². The van der Waals surface area contributed by atoms with E-state index in [2.05, 4.69) is 21.2 Å². The summed E-state index contributed by atoms with van der Waals surface area (Å²) in [4.78, 5) is 22.9. The van der Waals surface area contributed by atoms with E-state index in [1.54, 1.807) is 6.07 Å². The van der Waals surface area contributed by atoms with Crippen LogP contribution >= 0.6 is 27.5 Å². The third-order valence-corrected chi connectivity index (χ3v) is 6.21. The number of nitrogens with one attached hydrogen (secondary N) is 2. The van der Waals surface area contributed by atoms with Crippen molar-refractivity contribution < 1.29 is 35.6 Å². The minimum absolute atomic E-state index is 0.0130. The molecular weight excluding hydrogens is 508 g/mol. The minimum Gasteiger partial charge on any atom is -0.307 e. The van der Waals surface area contributed by atoms with Gasteiger partial charge in [-0.25, -0.2) is 22.0 Å². The first-order valence-electron chi connectivity index (χ1n) is 7.45. The van der Waals surface area contributed by atoms with E-state index in [4.69, 9.17) is 11.6 Å². The number of rotatable bonds is 5. The number of halogens is 6. The average molecular weight is 518 g/mol. The summed E-state index contributed by atoms with van der Waals surface area (Å²) in [5, 5.41) is -1.06. The second kappa shape index (κ2) is 8.67. The van der Waals surface area contributed by atoms with Gasteiger partial charge in [-0.15, -0.1) is 0 Å². The Morgan fingerprint density at radius 2 is 1.72 bits per heavy atom. The van der Waals surface area contributed by atoms with Gasteiger partial charge in [-0.2, -0.15) is 8.78 Å². The Bertz CT molecular complexity index is 1070. The number of hydrogen-bond donors (Lipinski definition) is 2. The van der Waals surface area contributed by atoms with Crippen LogP contribution in [0.1, 0.15) is 10.4 Å². The molecule has 29 heavy (non-hydrogen) atoms. The highest BCUT2D eigenvalue weighted by Crippen LogP contribution is 2.36. The number of carbonyl (C=O) groups is 2. The number of carbonyl (C=O) groups excluding carboxylic acids is 2. The normalized spacial score (nSPS) is 12.0. The van der Waals surface area contributed by atoms with Crippen LogP contribution < -0.4 is 10.6 Å². The zero-order valence-electron chi connectivity index (χ0n) is 13.9. The molecule has 0 saturated heterocycles. The van der Waals surface area contributed by atoms with Crippen LogP contribution in [-0.2, 0) is 9.84 Å². The fourth-order valence-corrected chi connectivity index (χ4v) is 3.93. The summed E-state index contributed by atoms with van der Waals surface area (Å²) in [6.45, 7) is 0. The molecule has 2 rings (SSSR count). The zero-order valence-corrected chi connectivity index (χ0v) is 17.1. The summed E-state index contributed by atoms with van der Waals surface area (Å²) in [5.41, 5.74) is -0.104. The SMILES string of the molecule is O=C(NC(=O)c1ccccc1Cl)Nc1ccc(S(=O)(=O)C(F)(F)C(F)F)cc1Br. The number of sulfone groups is 1. The number of hydrogen-bond acceptors (Lipinski definition) is 4. The first-order chi connectivity index (χ1) is 13.4. The van der Waals surface area contributed by atoms with Gasteiger partial charge >= 0.3 is 17.7 Å².